The molecule has 0 radical (unpaired) electrons. The van der Waals surface area contributed by atoms with E-state index in [0.29, 0.717) is 5.75 Å². The van der Waals surface area contributed by atoms with Gasteiger partial charge in [0.05, 0.1) is 0 Å². The van der Waals surface area contributed by atoms with Gasteiger partial charge in [-0.3, -0.25) is 9.59 Å². The fourth-order valence-corrected chi connectivity index (χ4v) is 2.83. The van der Waals surface area contributed by atoms with Crippen LogP contribution in [0.15, 0.2) is 24.3 Å². The van der Waals surface area contributed by atoms with Crippen LogP contribution in [0, 0.1) is 6.92 Å². The third kappa shape index (κ3) is 5.37. The van der Waals surface area contributed by atoms with Crippen LogP contribution in [0.25, 0.3) is 0 Å². The summed E-state index contributed by atoms with van der Waals surface area (Å²) in [5.74, 6) is -0.552. The second-order valence-corrected chi connectivity index (χ2v) is 6.17. The van der Waals surface area contributed by atoms with Crippen LogP contribution in [0.1, 0.15) is 25.3 Å². The maximum absolute atomic E-state index is 13.0. The first-order valence-electron chi connectivity index (χ1n) is 7.99. The lowest BCUT2D eigenvalue weighted by Crippen LogP contribution is -2.58. The first kappa shape index (κ1) is 19.1. The van der Waals surface area contributed by atoms with Gasteiger partial charge in [0.15, 0.2) is 6.61 Å². The second kappa shape index (κ2) is 7.76. The minimum absolute atomic E-state index is 0.157. The average Bonchev–Trinajstić information content (AvgIpc) is 2.53. The number of carbonyl (C=O) groups excluding carboxylic acids is 2. The molecule has 1 N–H and O–H groups in total. The molecule has 1 saturated heterocycles. The van der Waals surface area contributed by atoms with E-state index in [1.807, 2.05) is 19.1 Å². The molecular formula is C17H21F3N2O3. The highest BCUT2D eigenvalue weighted by molar-refractivity contribution is 5.78. The Bertz CT molecular complexity index is 617. The summed E-state index contributed by atoms with van der Waals surface area (Å²) in [6.45, 7) is 2.64. The molecule has 1 heterocycles. The van der Waals surface area contributed by atoms with Crippen molar-refractivity contribution in [3.63, 3.8) is 0 Å². The third-order valence-electron chi connectivity index (χ3n) is 4.12. The molecule has 25 heavy (non-hydrogen) atoms. The zero-order valence-electron chi connectivity index (χ0n) is 14.1. The van der Waals surface area contributed by atoms with E-state index >= 15 is 0 Å². The number of carbonyl (C=O) groups is 2. The number of nitrogens with one attached hydrogen (secondary N) is 1. The van der Waals surface area contributed by atoms with Crippen molar-refractivity contribution in [2.24, 2.45) is 0 Å². The van der Waals surface area contributed by atoms with Gasteiger partial charge >= 0.3 is 6.18 Å². The van der Waals surface area contributed by atoms with Gasteiger partial charge in [0, 0.05) is 19.5 Å². The summed E-state index contributed by atoms with van der Waals surface area (Å²) in [5, 5.41) is 2.63. The van der Waals surface area contributed by atoms with Crippen LogP contribution < -0.4 is 10.1 Å². The Labute approximate surface area is 144 Å². The van der Waals surface area contributed by atoms with Crippen molar-refractivity contribution in [1.29, 1.82) is 0 Å². The Morgan fingerprint density at radius 3 is 2.44 bits per heavy atom. The van der Waals surface area contributed by atoms with Crippen molar-refractivity contribution in [3.05, 3.63) is 29.8 Å². The van der Waals surface area contributed by atoms with Crippen molar-refractivity contribution < 1.29 is 27.5 Å². The molecule has 0 spiro atoms. The van der Waals surface area contributed by atoms with E-state index in [9.17, 15) is 22.8 Å². The lowest BCUT2D eigenvalue weighted by Gasteiger charge is -2.40. The van der Waals surface area contributed by atoms with Crippen LogP contribution in [-0.4, -0.2) is 48.1 Å². The molecule has 1 aliphatic rings. The van der Waals surface area contributed by atoms with E-state index in [4.69, 9.17) is 4.74 Å². The number of hydrogen-bond donors (Lipinski definition) is 1. The van der Waals surface area contributed by atoms with E-state index in [-0.39, 0.29) is 26.0 Å². The number of piperidine rings is 1. The maximum Gasteiger partial charge on any atom is 0.408 e. The van der Waals surface area contributed by atoms with Crippen LogP contribution >= 0.6 is 0 Å². The molecule has 2 unspecified atom stereocenters. The summed E-state index contributed by atoms with van der Waals surface area (Å²) in [6.07, 6.45) is -4.54. The van der Waals surface area contributed by atoms with Crippen molar-refractivity contribution in [2.75, 3.05) is 13.2 Å². The van der Waals surface area contributed by atoms with Crippen LogP contribution in [0.3, 0.4) is 0 Å². The molecule has 1 aromatic rings. The Balaban J connectivity index is 1.87. The highest BCUT2D eigenvalue weighted by Crippen LogP contribution is 2.32. The fourth-order valence-electron chi connectivity index (χ4n) is 2.83. The predicted molar refractivity (Wildman–Crippen MR) is 85.1 cm³/mol. The molecule has 0 bridgehead atoms. The number of alkyl halides is 3. The molecule has 2 amide bonds. The Kier molecular flexibility index (Phi) is 5.92. The van der Waals surface area contributed by atoms with Gasteiger partial charge in [-0.15, -0.1) is 0 Å². The van der Waals surface area contributed by atoms with Crippen LogP contribution in [0.2, 0.25) is 0 Å². The van der Waals surface area contributed by atoms with Gasteiger partial charge in [-0.25, -0.2) is 0 Å². The van der Waals surface area contributed by atoms with Crippen molar-refractivity contribution >= 4 is 11.8 Å². The molecule has 2 rings (SSSR count). The van der Waals surface area contributed by atoms with Crippen LogP contribution in [0.5, 0.6) is 5.75 Å². The Hall–Kier alpha value is -2.25. The standard InChI is InChI=1S/C17H21F3N2O3/c1-11-3-6-14(7-4-11)25-10-16(24)21-13-5-8-15(17(18,19)20)22(9-13)12(2)23/h3-4,6-7,13,15H,5,8-10H2,1-2H3,(H,21,24). The number of halogens is 3. The smallest absolute Gasteiger partial charge is 0.408 e. The average molecular weight is 358 g/mol. The van der Waals surface area contributed by atoms with E-state index in [0.717, 1.165) is 17.4 Å². The Morgan fingerprint density at radius 1 is 1.24 bits per heavy atom. The fraction of sp³-hybridized carbons (Fsp3) is 0.529. The number of ether oxygens (including phenoxy) is 1. The first-order chi connectivity index (χ1) is 11.7. The Morgan fingerprint density at radius 2 is 1.88 bits per heavy atom. The van der Waals surface area contributed by atoms with E-state index < -0.39 is 30.1 Å². The van der Waals surface area contributed by atoms with Gasteiger partial charge < -0.3 is 15.0 Å². The summed E-state index contributed by atoms with van der Waals surface area (Å²) in [7, 11) is 0. The SMILES string of the molecule is CC(=O)N1CC(NC(=O)COc2ccc(C)cc2)CCC1C(F)(F)F. The number of amides is 2. The summed E-state index contributed by atoms with van der Waals surface area (Å²) in [5.41, 5.74) is 1.06. The minimum atomic E-state index is -4.46. The number of hydrogen-bond acceptors (Lipinski definition) is 3. The molecule has 2 atom stereocenters. The van der Waals surface area contributed by atoms with Crippen LogP contribution in [-0.2, 0) is 9.59 Å². The van der Waals surface area contributed by atoms with E-state index in [1.165, 1.54) is 0 Å². The number of benzene rings is 1. The van der Waals surface area contributed by atoms with Crippen LogP contribution in [0.4, 0.5) is 13.2 Å². The lowest BCUT2D eigenvalue weighted by atomic mass is 9.97. The van der Waals surface area contributed by atoms with Gasteiger partial charge in [0.2, 0.25) is 5.91 Å². The van der Waals surface area contributed by atoms with Crippen molar-refractivity contribution in [3.8, 4) is 5.75 Å². The number of likely N-dealkylation sites (tertiary alicyclic amines) is 1. The van der Waals surface area contributed by atoms with Gasteiger partial charge in [-0.2, -0.15) is 13.2 Å². The van der Waals surface area contributed by atoms with Gasteiger partial charge in [0.1, 0.15) is 11.8 Å². The quantitative estimate of drug-likeness (QED) is 0.899. The molecule has 138 valence electrons. The molecule has 5 nitrogen and oxygen atoms in total. The summed E-state index contributed by atoms with van der Waals surface area (Å²) in [6, 6.07) is 4.84. The minimum Gasteiger partial charge on any atom is -0.484 e. The molecule has 0 aromatic heterocycles. The summed E-state index contributed by atoms with van der Waals surface area (Å²) in [4.78, 5) is 24.2. The van der Waals surface area contributed by atoms with Gasteiger partial charge in [-0.05, 0) is 31.9 Å². The maximum atomic E-state index is 13.0. The zero-order chi connectivity index (χ0) is 18.6. The summed E-state index contributed by atoms with van der Waals surface area (Å²) >= 11 is 0. The molecule has 1 aliphatic heterocycles. The monoisotopic (exact) mass is 358 g/mol. The third-order valence-corrected chi connectivity index (χ3v) is 4.12. The lowest BCUT2D eigenvalue weighted by molar-refractivity contribution is -0.196. The molecule has 0 saturated carbocycles. The molecule has 1 fully saturated rings. The van der Waals surface area contributed by atoms with Crippen molar-refractivity contribution in [2.45, 2.75) is 44.9 Å². The molecule has 1 aromatic carbocycles. The highest BCUT2D eigenvalue weighted by atomic mass is 19.4. The van der Waals surface area contributed by atoms with Gasteiger partial charge in [0.25, 0.3) is 5.91 Å². The normalized spacial score (nSPS) is 20.9. The second-order valence-electron chi connectivity index (χ2n) is 6.17. The molecule has 0 aliphatic carbocycles. The molecule has 8 heteroatoms. The predicted octanol–water partition coefficient (Wildman–Crippen LogP) is 2.43. The number of aryl methyl sites for hydroxylation is 1. The number of nitrogens with zero attached hydrogens (tertiary/aromatic N) is 1. The van der Waals surface area contributed by atoms with E-state index in [1.54, 1.807) is 12.1 Å². The zero-order valence-corrected chi connectivity index (χ0v) is 14.1. The summed E-state index contributed by atoms with van der Waals surface area (Å²) < 4.78 is 44.3. The molecular weight excluding hydrogens is 337 g/mol. The largest absolute Gasteiger partial charge is 0.484 e. The highest BCUT2D eigenvalue weighted by Gasteiger charge is 2.47. The van der Waals surface area contributed by atoms with Crippen molar-refractivity contribution in [1.82, 2.24) is 10.2 Å². The van der Waals surface area contributed by atoms with Gasteiger partial charge in [-0.1, -0.05) is 17.7 Å². The van der Waals surface area contributed by atoms with E-state index in [2.05, 4.69) is 5.32 Å². The number of rotatable bonds is 4. The first-order valence-corrected chi connectivity index (χ1v) is 7.99. The topological polar surface area (TPSA) is 58.6 Å².